The first kappa shape index (κ1) is 11.9. The van der Waals surface area contributed by atoms with Crippen LogP contribution in [0.15, 0.2) is 0 Å². The molecular formula is C10H21NO3. The van der Waals surface area contributed by atoms with E-state index >= 15 is 0 Å². The molecule has 0 saturated carbocycles. The third-order valence-electron chi connectivity index (χ3n) is 2.79. The SMILES string of the molecule is COCC(O)CN1CCC(CO)CC1. The van der Waals surface area contributed by atoms with Crippen LogP contribution < -0.4 is 0 Å². The number of likely N-dealkylation sites (tertiary alicyclic amines) is 1. The fraction of sp³-hybridized carbons (Fsp3) is 1.00. The van der Waals surface area contributed by atoms with Crippen molar-refractivity contribution in [3.05, 3.63) is 0 Å². The summed E-state index contributed by atoms with van der Waals surface area (Å²) >= 11 is 0. The summed E-state index contributed by atoms with van der Waals surface area (Å²) in [6.07, 6.45) is 1.69. The van der Waals surface area contributed by atoms with Crippen molar-refractivity contribution in [1.29, 1.82) is 0 Å². The second kappa shape index (κ2) is 6.35. The number of aliphatic hydroxyl groups is 2. The van der Waals surface area contributed by atoms with Gasteiger partial charge >= 0.3 is 0 Å². The Kier molecular flexibility index (Phi) is 5.40. The van der Waals surface area contributed by atoms with E-state index in [9.17, 15) is 5.11 Å². The molecule has 0 aromatic rings. The zero-order chi connectivity index (χ0) is 10.4. The average Bonchev–Trinajstić information content (AvgIpc) is 2.19. The van der Waals surface area contributed by atoms with Gasteiger partial charge in [-0.25, -0.2) is 0 Å². The molecule has 0 radical (unpaired) electrons. The molecule has 1 heterocycles. The molecule has 1 aliphatic rings. The Morgan fingerprint density at radius 1 is 1.43 bits per heavy atom. The summed E-state index contributed by atoms with van der Waals surface area (Å²) in [6.45, 7) is 3.35. The minimum Gasteiger partial charge on any atom is -0.396 e. The molecular weight excluding hydrogens is 182 g/mol. The van der Waals surface area contributed by atoms with Crippen LogP contribution in [0, 0.1) is 5.92 Å². The lowest BCUT2D eigenvalue weighted by Gasteiger charge is -2.32. The van der Waals surface area contributed by atoms with Crippen molar-refractivity contribution >= 4 is 0 Å². The fourth-order valence-corrected chi connectivity index (χ4v) is 1.89. The van der Waals surface area contributed by atoms with Gasteiger partial charge in [0.05, 0.1) is 12.7 Å². The Bertz CT molecular complexity index is 146. The number of piperidine rings is 1. The Morgan fingerprint density at radius 2 is 2.07 bits per heavy atom. The first-order chi connectivity index (χ1) is 6.76. The van der Waals surface area contributed by atoms with Gasteiger partial charge in [-0.2, -0.15) is 0 Å². The number of methoxy groups -OCH3 is 1. The molecule has 2 N–H and O–H groups in total. The van der Waals surface area contributed by atoms with E-state index in [1.54, 1.807) is 7.11 Å². The number of β-amino-alcohol motifs (C(OH)–C–C–N with tert-alkyl or cyclic N) is 1. The maximum atomic E-state index is 9.51. The highest BCUT2D eigenvalue weighted by Crippen LogP contribution is 2.16. The molecule has 0 amide bonds. The number of nitrogens with zero attached hydrogens (tertiary/aromatic N) is 1. The van der Waals surface area contributed by atoms with E-state index in [0.717, 1.165) is 25.9 Å². The highest BCUT2D eigenvalue weighted by molar-refractivity contribution is 4.73. The Hall–Kier alpha value is -0.160. The second-order valence-electron chi connectivity index (χ2n) is 4.04. The van der Waals surface area contributed by atoms with Crippen molar-refractivity contribution in [3.8, 4) is 0 Å². The van der Waals surface area contributed by atoms with Crippen LogP contribution in [-0.4, -0.2) is 61.2 Å². The lowest BCUT2D eigenvalue weighted by molar-refractivity contribution is 0.0259. The predicted molar refractivity (Wildman–Crippen MR) is 54.1 cm³/mol. The molecule has 0 spiro atoms. The second-order valence-corrected chi connectivity index (χ2v) is 4.04. The van der Waals surface area contributed by atoms with Gasteiger partial charge in [0.1, 0.15) is 0 Å². The zero-order valence-corrected chi connectivity index (χ0v) is 8.85. The molecule has 0 aromatic carbocycles. The smallest absolute Gasteiger partial charge is 0.0900 e. The van der Waals surface area contributed by atoms with Crippen LogP contribution >= 0.6 is 0 Å². The molecule has 0 aliphatic carbocycles. The quantitative estimate of drug-likeness (QED) is 0.644. The summed E-state index contributed by atoms with van der Waals surface area (Å²) < 4.78 is 4.87. The normalized spacial score (nSPS) is 22.5. The van der Waals surface area contributed by atoms with Gasteiger partial charge in [0.15, 0.2) is 0 Å². The Labute approximate surface area is 85.5 Å². The van der Waals surface area contributed by atoms with Crippen molar-refractivity contribution in [2.24, 2.45) is 5.92 Å². The molecule has 0 bridgehead atoms. The minimum absolute atomic E-state index is 0.300. The van der Waals surface area contributed by atoms with Crippen LogP contribution in [0.25, 0.3) is 0 Å². The van der Waals surface area contributed by atoms with Gasteiger partial charge in [-0.1, -0.05) is 0 Å². The van der Waals surface area contributed by atoms with Gasteiger partial charge in [-0.05, 0) is 31.8 Å². The van der Waals surface area contributed by atoms with Gasteiger partial charge in [-0.3, -0.25) is 0 Å². The van der Waals surface area contributed by atoms with Gasteiger partial charge in [0.25, 0.3) is 0 Å². The maximum Gasteiger partial charge on any atom is 0.0900 e. The third-order valence-corrected chi connectivity index (χ3v) is 2.79. The van der Waals surface area contributed by atoms with E-state index in [-0.39, 0.29) is 6.10 Å². The van der Waals surface area contributed by atoms with Crippen molar-refractivity contribution in [2.45, 2.75) is 18.9 Å². The fourth-order valence-electron chi connectivity index (χ4n) is 1.89. The van der Waals surface area contributed by atoms with Crippen LogP contribution in [0.4, 0.5) is 0 Å². The van der Waals surface area contributed by atoms with Gasteiger partial charge in [0.2, 0.25) is 0 Å². The standard InChI is InChI=1S/C10H21NO3/c1-14-8-10(13)6-11-4-2-9(7-12)3-5-11/h9-10,12-13H,2-8H2,1H3. The number of ether oxygens (including phenoxy) is 1. The van der Waals surface area contributed by atoms with Crippen molar-refractivity contribution in [3.63, 3.8) is 0 Å². The average molecular weight is 203 g/mol. The predicted octanol–water partition coefficient (Wildman–Crippen LogP) is -0.302. The monoisotopic (exact) mass is 203 g/mol. The summed E-state index contributed by atoms with van der Waals surface area (Å²) in [5.74, 6) is 0.464. The summed E-state index contributed by atoms with van der Waals surface area (Å²) in [5, 5.41) is 18.5. The van der Waals surface area contributed by atoms with Crippen LogP contribution in [0.2, 0.25) is 0 Å². The van der Waals surface area contributed by atoms with E-state index in [1.807, 2.05) is 0 Å². The highest BCUT2D eigenvalue weighted by Gasteiger charge is 2.20. The zero-order valence-electron chi connectivity index (χ0n) is 8.85. The van der Waals surface area contributed by atoms with Crippen LogP contribution in [0.1, 0.15) is 12.8 Å². The highest BCUT2D eigenvalue weighted by atomic mass is 16.5. The van der Waals surface area contributed by atoms with Gasteiger partial charge in [0, 0.05) is 20.3 Å². The van der Waals surface area contributed by atoms with E-state index in [0.29, 0.717) is 25.7 Å². The van der Waals surface area contributed by atoms with Gasteiger partial charge in [-0.15, -0.1) is 0 Å². The first-order valence-electron chi connectivity index (χ1n) is 5.26. The molecule has 1 saturated heterocycles. The molecule has 1 atom stereocenters. The summed E-state index contributed by atoms with van der Waals surface area (Å²) in [6, 6.07) is 0. The Morgan fingerprint density at radius 3 is 2.57 bits per heavy atom. The van der Waals surface area contributed by atoms with E-state index in [1.165, 1.54) is 0 Å². The number of hydrogen-bond acceptors (Lipinski definition) is 4. The third kappa shape index (κ3) is 3.92. The number of hydrogen-bond donors (Lipinski definition) is 2. The minimum atomic E-state index is -0.384. The molecule has 1 unspecified atom stereocenters. The Balaban J connectivity index is 2.15. The number of aliphatic hydroxyl groups excluding tert-OH is 2. The molecule has 84 valence electrons. The van der Waals surface area contributed by atoms with Crippen LogP contribution in [0.5, 0.6) is 0 Å². The molecule has 1 aliphatic heterocycles. The molecule has 1 rings (SSSR count). The molecule has 0 aromatic heterocycles. The van der Waals surface area contributed by atoms with E-state index in [4.69, 9.17) is 9.84 Å². The van der Waals surface area contributed by atoms with Gasteiger partial charge < -0.3 is 19.8 Å². The van der Waals surface area contributed by atoms with E-state index < -0.39 is 0 Å². The number of rotatable bonds is 5. The van der Waals surface area contributed by atoms with Crippen LogP contribution in [-0.2, 0) is 4.74 Å². The molecule has 4 nitrogen and oxygen atoms in total. The summed E-state index contributed by atoms with van der Waals surface area (Å²) in [4.78, 5) is 2.23. The molecule has 1 fully saturated rings. The summed E-state index contributed by atoms with van der Waals surface area (Å²) in [7, 11) is 1.60. The lowest BCUT2D eigenvalue weighted by atomic mass is 9.98. The van der Waals surface area contributed by atoms with E-state index in [2.05, 4.69) is 4.90 Å². The largest absolute Gasteiger partial charge is 0.396 e. The molecule has 4 heteroatoms. The molecule has 14 heavy (non-hydrogen) atoms. The van der Waals surface area contributed by atoms with Crippen molar-refractivity contribution < 1.29 is 14.9 Å². The van der Waals surface area contributed by atoms with Crippen molar-refractivity contribution in [2.75, 3.05) is 40.0 Å². The first-order valence-corrected chi connectivity index (χ1v) is 5.26. The lowest BCUT2D eigenvalue weighted by Crippen LogP contribution is -2.40. The van der Waals surface area contributed by atoms with Crippen molar-refractivity contribution in [1.82, 2.24) is 4.90 Å². The maximum absolute atomic E-state index is 9.51. The topological polar surface area (TPSA) is 52.9 Å². The summed E-state index contributed by atoms with van der Waals surface area (Å²) in [5.41, 5.74) is 0. The van der Waals surface area contributed by atoms with Crippen LogP contribution in [0.3, 0.4) is 0 Å².